The molecule has 0 bridgehead atoms. The van der Waals surface area contributed by atoms with Crippen LogP contribution in [0.3, 0.4) is 0 Å². The molecule has 1 aliphatic rings. The highest BCUT2D eigenvalue weighted by molar-refractivity contribution is 6.21. The smallest absolute Gasteiger partial charge is 0.293 e. The molecule has 0 spiro atoms. The van der Waals surface area contributed by atoms with Crippen LogP contribution in [0.25, 0.3) is 0 Å². The van der Waals surface area contributed by atoms with Crippen molar-refractivity contribution in [2.45, 2.75) is 38.6 Å². The first-order valence-corrected chi connectivity index (χ1v) is 6.93. The van der Waals surface area contributed by atoms with E-state index in [1.807, 2.05) is 0 Å². The second kappa shape index (κ2) is 5.74. The summed E-state index contributed by atoms with van der Waals surface area (Å²) in [7, 11) is 0. The number of rotatable bonds is 5. The van der Waals surface area contributed by atoms with Gasteiger partial charge in [-0.15, -0.1) is 11.6 Å². The lowest BCUT2D eigenvalue weighted by atomic mass is 9.85. The third-order valence-corrected chi connectivity index (χ3v) is 3.57. The van der Waals surface area contributed by atoms with Crippen LogP contribution in [-0.2, 0) is 6.54 Å². The average Bonchev–Trinajstić information content (AvgIpc) is 2.26. The van der Waals surface area contributed by atoms with Crippen molar-refractivity contribution in [2.75, 3.05) is 11.9 Å². The van der Waals surface area contributed by atoms with Gasteiger partial charge in [0.25, 0.3) is 5.56 Å². The SMILES string of the molecule is CC(C)Cn1ccnc(NCC2CC(Cl)C2)c1=O. The van der Waals surface area contributed by atoms with Gasteiger partial charge in [0.1, 0.15) is 0 Å². The van der Waals surface area contributed by atoms with E-state index in [2.05, 4.69) is 24.1 Å². The molecular weight excluding hydrogens is 250 g/mol. The van der Waals surface area contributed by atoms with Gasteiger partial charge in [0, 0.05) is 30.9 Å². The van der Waals surface area contributed by atoms with Gasteiger partial charge in [0.05, 0.1) is 0 Å². The molecule has 2 rings (SSSR count). The van der Waals surface area contributed by atoms with E-state index in [1.165, 1.54) is 0 Å². The Morgan fingerprint density at radius 3 is 2.89 bits per heavy atom. The number of aromatic nitrogens is 2. The van der Waals surface area contributed by atoms with Crippen molar-refractivity contribution in [3.8, 4) is 0 Å². The lowest BCUT2D eigenvalue weighted by molar-refractivity contribution is 0.341. The Labute approximate surface area is 112 Å². The molecule has 0 radical (unpaired) electrons. The summed E-state index contributed by atoms with van der Waals surface area (Å²) in [6.07, 6.45) is 5.48. The summed E-state index contributed by atoms with van der Waals surface area (Å²) in [5.74, 6) is 1.48. The summed E-state index contributed by atoms with van der Waals surface area (Å²) in [5.41, 5.74) is -0.0343. The van der Waals surface area contributed by atoms with Crippen molar-refractivity contribution in [3.05, 3.63) is 22.7 Å². The second-order valence-corrected chi connectivity index (χ2v) is 6.06. The quantitative estimate of drug-likeness (QED) is 0.835. The number of anilines is 1. The minimum Gasteiger partial charge on any atom is -0.365 e. The van der Waals surface area contributed by atoms with Crippen molar-refractivity contribution >= 4 is 17.4 Å². The maximum absolute atomic E-state index is 12.1. The van der Waals surface area contributed by atoms with Crippen LogP contribution >= 0.6 is 11.6 Å². The van der Waals surface area contributed by atoms with Crippen molar-refractivity contribution in [1.29, 1.82) is 0 Å². The third kappa shape index (κ3) is 3.25. The van der Waals surface area contributed by atoms with Gasteiger partial charge in [-0.1, -0.05) is 13.8 Å². The fraction of sp³-hybridized carbons (Fsp3) is 0.692. The largest absolute Gasteiger partial charge is 0.365 e. The van der Waals surface area contributed by atoms with E-state index in [4.69, 9.17) is 11.6 Å². The van der Waals surface area contributed by atoms with E-state index in [1.54, 1.807) is 17.0 Å². The number of nitrogens with zero attached hydrogens (tertiary/aromatic N) is 2. The Morgan fingerprint density at radius 1 is 1.56 bits per heavy atom. The number of hydrogen-bond donors (Lipinski definition) is 1. The molecule has 0 atom stereocenters. The van der Waals surface area contributed by atoms with Crippen LogP contribution < -0.4 is 10.9 Å². The second-order valence-electron chi connectivity index (χ2n) is 5.44. The van der Waals surface area contributed by atoms with Gasteiger partial charge in [-0.05, 0) is 24.7 Å². The third-order valence-electron chi connectivity index (χ3n) is 3.21. The van der Waals surface area contributed by atoms with Gasteiger partial charge in [-0.3, -0.25) is 4.79 Å². The predicted octanol–water partition coefficient (Wildman–Crippen LogP) is 2.33. The molecule has 5 heteroatoms. The molecule has 0 unspecified atom stereocenters. The zero-order valence-electron chi connectivity index (χ0n) is 10.9. The molecule has 0 amide bonds. The molecule has 1 fully saturated rings. The molecule has 1 N–H and O–H groups in total. The lowest BCUT2D eigenvalue weighted by Crippen LogP contribution is -2.32. The number of alkyl halides is 1. The topological polar surface area (TPSA) is 46.9 Å². The monoisotopic (exact) mass is 269 g/mol. The molecule has 0 aliphatic heterocycles. The molecule has 4 nitrogen and oxygen atoms in total. The number of nitrogens with one attached hydrogen (secondary N) is 1. The minimum atomic E-state index is -0.0343. The van der Waals surface area contributed by atoms with Crippen molar-refractivity contribution in [1.82, 2.24) is 9.55 Å². The molecule has 1 aliphatic carbocycles. The van der Waals surface area contributed by atoms with E-state index < -0.39 is 0 Å². The first kappa shape index (κ1) is 13.4. The van der Waals surface area contributed by atoms with Crippen molar-refractivity contribution < 1.29 is 0 Å². The van der Waals surface area contributed by atoms with Gasteiger partial charge >= 0.3 is 0 Å². The summed E-state index contributed by atoms with van der Waals surface area (Å²) in [5, 5.41) is 3.46. The van der Waals surface area contributed by atoms with E-state index in [0.29, 0.717) is 23.0 Å². The summed E-state index contributed by atoms with van der Waals surface area (Å²) in [6.45, 7) is 5.70. The molecular formula is C13H20ClN3O. The molecule has 1 aromatic rings. The molecule has 18 heavy (non-hydrogen) atoms. The van der Waals surface area contributed by atoms with Crippen LogP contribution in [0.15, 0.2) is 17.2 Å². The maximum Gasteiger partial charge on any atom is 0.293 e. The van der Waals surface area contributed by atoms with E-state index >= 15 is 0 Å². The van der Waals surface area contributed by atoms with Crippen LogP contribution in [0.5, 0.6) is 0 Å². The molecule has 0 saturated heterocycles. The Kier molecular flexibility index (Phi) is 4.27. The highest BCUT2D eigenvalue weighted by atomic mass is 35.5. The van der Waals surface area contributed by atoms with E-state index in [-0.39, 0.29) is 5.56 Å². The lowest BCUT2D eigenvalue weighted by Gasteiger charge is -2.30. The van der Waals surface area contributed by atoms with E-state index in [0.717, 1.165) is 25.9 Å². The van der Waals surface area contributed by atoms with Crippen molar-refractivity contribution in [2.24, 2.45) is 11.8 Å². The van der Waals surface area contributed by atoms with Gasteiger partial charge in [-0.25, -0.2) is 4.98 Å². The standard InChI is InChI=1S/C13H20ClN3O/c1-9(2)8-17-4-3-15-12(13(17)18)16-7-10-5-11(14)6-10/h3-4,9-11H,5-8H2,1-2H3,(H,15,16). The number of halogens is 1. The highest BCUT2D eigenvalue weighted by Crippen LogP contribution is 2.31. The van der Waals surface area contributed by atoms with Gasteiger partial charge in [-0.2, -0.15) is 0 Å². The molecule has 100 valence electrons. The zero-order chi connectivity index (χ0) is 13.1. The van der Waals surface area contributed by atoms with Gasteiger partial charge in [0.15, 0.2) is 5.82 Å². The summed E-state index contributed by atoms with van der Waals surface area (Å²) in [4.78, 5) is 16.2. The van der Waals surface area contributed by atoms with Crippen LogP contribution in [0.1, 0.15) is 26.7 Å². The Hall–Kier alpha value is -1.03. The molecule has 1 saturated carbocycles. The normalized spacial score (nSPS) is 22.9. The summed E-state index contributed by atoms with van der Waals surface area (Å²) in [6, 6.07) is 0. The Bertz CT molecular complexity index is 452. The molecule has 0 aromatic carbocycles. The van der Waals surface area contributed by atoms with E-state index in [9.17, 15) is 4.79 Å². The van der Waals surface area contributed by atoms with Crippen LogP contribution in [0.4, 0.5) is 5.82 Å². The fourth-order valence-corrected chi connectivity index (χ4v) is 2.67. The Morgan fingerprint density at radius 2 is 2.28 bits per heavy atom. The first-order chi connectivity index (χ1) is 8.56. The average molecular weight is 270 g/mol. The maximum atomic E-state index is 12.1. The van der Waals surface area contributed by atoms with Gasteiger partial charge in [0.2, 0.25) is 0 Å². The fourth-order valence-electron chi connectivity index (χ4n) is 2.17. The molecule has 1 heterocycles. The minimum absolute atomic E-state index is 0.0343. The summed E-state index contributed by atoms with van der Waals surface area (Å²) >= 11 is 5.93. The van der Waals surface area contributed by atoms with Crippen molar-refractivity contribution in [3.63, 3.8) is 0 Å². The predicted molar refractivity (Wildman–Crippen MR) is 74.2 cm³/mol. The molecule has 1 aromatic heterocycles. The zero-order valence-corrected chi connectivity index (χ0v) is 11.7. The number of hydrogen-bond acceptors (Lipinski definition) is 3. The Balaban J connectivity index is 1.97. The highest BCUT2D eigenvalue weighted by Gasteiger charge is 2.27. The van der Waals surface area contributed by atoms with Gasteiger partial charge < -0.3 is 9.88 Å². The van der Waals surface area contributed by atoms with Crippen LogP contribution in [0.2, 0.25) is 0 Å². The summed E-state index contributed by atoms with van der Waals surface area (Å²) < 4.78 is 1.71. The van der Waals surface area contributed by atoms with Crippen LogP contribution in [-0.4, -0.2) is 21.5 Å². The first-order valence-electron chi connectivity index (χ1n) is 6.49. The van der Waals surface area contributed by atoms with Crippen LogP contribution in [0, 0.1) is 11.8 Å².